The van der Waals surface area contributed by atoms with Gasteiger partial charge in [-0.3, -0.25) is 0 Å². The minimum Gasteiger partial charge on any atom is -0.491 e. The van der Waals surface area contributed by atoms with Crippen LogP contribution < -0.4 is 4.74 Å². The molecular formula is C14H15ClF4O. The second kappa shape index (κ2) is 5.10. The van der Waals surface area contributed by atoms with Gasteiger partial charge >= 0.3 is 6.18 Å². The van der Waals surface area contributed by atoms with E-state index in [-0.39, 0.29) is 29.5 Å². The van der Waals surface area contributed by atoms with E-state index in [1.807, 2.05) is 13.8 Å². The maximum Gasteiger partial charge on any atom is 0.397 e. The topological polar surface area (TPSA) is 9.23 Å². The molecular weight excluding hydrogens is 296 g/mol. The highest BCUT2D eigenvalue weighted by atomic mass is 35.5. The highest BCUT2D eigenvalue weighted by Crippen LogP contribution is 2.57. The van der Waals surface area contributed by atoms with Crippen molar-refractivity contribution in [2.75, 3.05) is 6.61 Å². The number of benzene rings is 1. The maximum absolute atomic E-state index is 13.5. The molecule has 112 valence electrons. The number of halogens is 5. The molecule has 1 aliphatic rings. The predicted octanol–water partition coefficient (Wildman–Crippen LogP) is 5.32. The van der Waals surface area contributed by atoms with Gasteiger partial charge in [0.15, 0.2) is 0 Å². The summed E-state index contributed by atoms with van der Waals surface area (Å²) in [4.78, 5) is 0. The van der Waals surface area contributed by atoms with Crippen molar-refractivity contribution in [3.63, 3.8) is 0 Å². The van der Waals surface area contributed by atoms with E-state index in [2.05, 4.69) is 0 Å². The molecule has 20 heavy (non-hydrogen) atoms. The zero-order valence-corrected chi connectivity index (χ0v) is 11.9. The summed E-state index contributed by atoms with van der Waals surface area (Å²) < 4.78 is 57.0. The van der Waals surface area contributed by atoms with Gasteiger partial charge in [-0.05, 0) is 30.4 Å². The first-order valence-corrected chi connectivity index (χ1v) is 6.72. The Kier molecular flexibility index (Phi) is 3.93. The minimum atomic E-state index is -4.30. The lowest BCUT2D eigenvalue weighted by Gasteiger charge is -2.21. The summed E-state index contributed by atoms with van der Waals surface area (Å²) in [6, 6.07) is 2.30. The fraction of sp³-hybridized carbons (Fsp3) is 0.571. The molecule has 1 fully saturated rings. The molecule has 0 bridgehead atoms. The van der Waals surface area contributed by atoms with E-state index < -0.39 is 24.0 Å². The summed E-state index contributed by atoms with van der Waals surface area (Å²) in [7, 11) is 0. The molecule has 1 nitrogen and oxygen atoms in total. The fourth-order valence-electron chi connectivity index (χ4n) is 1.99. The predicted molar refractivity (Wildman–Crippen MR) is 68.7 cm³/mol. The van der Waals surface area contributed by atoms with E-state index in [4.69, 9.17) is 16.3 Å². The van der Waals surface area contributed by atoms with Crippen molar-refractivity contribution >= 4 is 11.6 Å². The van der Waals surface area contributed by atoms with Gasteiger partial charge in [-0.2, -0.15) is 13.2 Å². The van der Waals surface area contributed by atoms with E-state index in [1.165, 1.54) is 6.07 Å². The average molecular weight is 311 g/mol. The molecule has 1 saturated carbocycles. The van der Waals surface area contributed by atoms with Crippen LogP contribution in [-0.4, -0.2) is 12.8 Å². The first-order chi connectivity index (χ1) is 9.16. The summed E-state index contributed by atoms with van der Waals surface area (Å²) in [6.45, 7) is 3.13. The molecule has 0 aliphatic heterocycles. The summed E-state index contributed by atoms with van der Waals surface area (Å²) >= 11 is 6.07. The number of hydrogen-bond donors (Lipinski definition) is 0. The van der Waals surface area contributed by atoms with Crippen LogP contribution in [0.4, 0.5) is 17.6 Å². The minimum absolute atomic E-state index is 0.0223. The van der Waals surface area contributed by atoms with Gasteiger partial charge in [-0.25, -0.2) is 4.39 Å². The zero-order valence-electron chi connectivity index (χ0n) is 11.2. The van der Waals surface area contributed by atoms with Crippen LogP contribution in [0.15, 0.2) is 12.1 Å². The quantitative estimate of drug-likeness (QED) is 0.684. The lowest BCUT2D eigenvalue weighted by molar-refractivity contribution is -0.194. The van der Waals surface area contributed by atoms with Crippen molar-refractivity contribution < 1.29 is 22.3 Å². The third kappa shape index (κ3) is 2.87. The van der Waals surface area contributed by atoms with Gasteiger partial charge in [0.05, 0.1) is 5.02 Å². The van der Waals surface area contributed by atoms with Crippen molar-refractivity contribution in [3.8, 4) is 5.75 Å². The van der Waals surface area contributed by atoms with Crippen molar-refractivity contribution in [2.45, 2.75) is 38.8 Å². The van der Waals surface area contributed by atoms with E-state index in [0.29, 0.717) is 5.56 Å². The summed E-state index contributed by atoms with van der Waals surface area (Å²) in [5.41, 5.74) is -1.26. The van der Waals surface area contributed by atoms with Crippen LogP contribution in [0.1, 0.15) is 38.2 Å². The normalized spacial score (nSPS) is 17.4. The number of alkyl halides is 3. The molecule has 2 rings (SSSR count). The van der Waals surface area contributed by atoms with E-state index in [1.54, 1.807) is 0 Å². The van der Waals surface area contributed by atoms with Gasteiger partial charge in [0, 0.05) is 6.07 Å². The van der Waals surface area contributed by atoms with Crippen molar-refractivity contribution in [1.29, 1.82) is 0 Å². The highest BCUT2D eigenvalue weighted by Gasteiger charge is 2.63. The van der Waals surface area contributed by atoms with Crippen LogP contribution in [0.25, 0.3) is 0 Å². The third-order valence-electron chi connectivity index (χ3n) is 3.61. The lowest BCUT2D eigenvalue weighted by atomic mass is 10.0. The molecule has 0 amide bonds. The average Bonchev–Trinajstić information content (AvgIpc) is 3.10. The molecule has 1 aliphatic carbocycles. The Morgan fingerprint density at radius 1 is 1.30 bits per heavy atom. The summed E-state index contributed by atoms with van der Waals surface area (Å²) in [5.74, 6) is -0.631. The van der Waals surface area contributed by atoms with Crippen LogP contribution in [0.5, 0.6) is 5.75 Å². The maximum atomic E-state index is 13.5. The molecule has 1 aromatic rings. The first-order valence-electron chi connectivity index (χ1n) is 6.35. The van der Waals surface area contributed by atoms with Crippen LogP contribution in [0.3, 0.4) is 0 Å². The molecule has 0 spiro atoms. The second-order valence-electron chi connectivity index (χ2n) is 5.53. The van der Waals surface area contributed by atoms with Crippen LogP contribution in [0.2, 0.25) is 5.02 Å². The molecule has 0 radical (unpaired) electrons. The molecule has 0 saturated heterocycles. The molecule has 0 heterocycles. The van der Waals surface area contributed by atoms with Crippen LogP contribution in [0, 0.1) is 11.2 Å². The highest BCUT2D eigenvalue weighted by molar-refractivity contribution is 6.32. The number of hydrogen-bond acceptors (Lipinski definition) is 1. The van der Waals surface area contributed by atoms with Crippen molar-refractivity contribution in [3.05, 3.63) is 28.5 Å². The van der Waals surface area contributed by atoms with Gasteiger partial charge in [-0.15, -0.1) is 0 Å². The van der Waals surface area contributed by atoms with Gasteiger partial charge in [0.25, 0.3) is 0 Å². The van der Waals surface area contributed by atoms with E-state index >= 15 is 0 Å². The SMILES string of the molecule is CC(C)c1cc(F)cc(OCC2(C(F)(F)F)CC2)c1Cl. The molecule has 0 aromatic heterocycles. The van der Waals surface area contributed by atoms with Crippen molar-refractivity contribution in [2.24, 2.45) is 5.41 Å². The van der Waals surface area contributed by atoms with Gasteiger partial charge in [0.2, 0.25) is 0 Å². The Balaban J connectivity index is 2.19. The van der Waals surface area contributed by atoms with Gasteiger partial charge in [0.1, 0.15) is 23.6 Å². The fourth-order valence-corrected chi connectivity index (χ4v) is 2.37. The first kappa shape index (κ1) is 15.4. The number of rotatable bonds is 4. The smallest absolute Gasteiger partial charge is 0.397 e. The number of ether oxygens (including phenoxy) is 1. The Bertz CT molecular complexity index is 507. The van der Waals surface area contributed by atoms with E-state index in [0.717, 1.165) is 6.07 Å². The zero-order chi connectivity index (χ0) is 15.1. The molecule has 0 N–H and O–H groups in total. The molecule has 0 atom stereocenters. The lowest BCUT2D eigenvalue weighted by Crippen LogP contribution is -2.30. The Morgan fingerprint density at radius 2 is 1.90 bits per heavy atom. The largest absolute Gasteiger partial charge is 0.491 e. The Hall–Kier alpha value is -0.970. The third-order valence-corrected chi connectivity index (χ3v) is 4.02. The molecule has 0 unspecified atom stereocenters. The molecule has 6 heteroatoms. The monoisotopic (exact) mass is 310 g/mol. The Labute approximate surface area is 119 Å². The Morgan fingerprint density at radius 3 is 2.35 bits per heavy atom. The van der Waals surface area contributed by atoms with Crippen LogP contribution >= 0.6 is 11.6 Å². The van der Waals surface area contributed by atoms with Gasteiger partial charge in [-0.1, -0.05) is 25.4 Å². The van der Waals surface area contributed by atoms with E-state index in [9.17, 15) is 17.6 Å². The standard InChI is InChI=1S/C14H15ClF4O/c1-8(2)10-5-9(16)6-11(12(10)15)20-7-13(3-4-13)14(17,18)19/h5-6,8H,3-4,7H2,1-2H3. The summed E-state index contributed by atoms with van der Waals surface area (Å²) in [5, 5.41) is 0.180. The van der Waals surface area contributed by atoms with Crippen LogP contribution in [-0.2, 0) is 0 Å². The molecule has 1 aromatic carbocycles. The second-order valence-corrected chi connectivity index (χ2v) is 5.91. The summed E-state index contributed by atoms with van der Waals surface area (Å²) in [6.07, 6.45) is -4.21. The van der Waals surface area contributed by atoms with Crippen molar-refractivity contribution in [1.82, 2.24) is 0 Å². The van der Waals surface area contributed by atoms with Gasteiger partial charge < -0.3 is 4.74 Å².